The smallest absolute Gasteiger partial charge is 0.239 e. The van der Waals surface area contributed by atoms with E-state index in [1.54, 1.807) is 0 Å². The lowest BCUT2D eigenvalue weighted by Crippen LogP contribution is -2.46. The van der Waals surface area contributed by atoms with Gasteiger partial charge in [-0.3, -0.25) is 4.79 Å². The molecule has 0 aliphatic carbocycles. The van der Waals surface area contributed by atoms with Gasteiger partial charge in [0.25, 0.3) is 0 Å². The van der Waals surface area contributed by atoms with Crippen molar-refractivity contribution in [2.24, 2.45) is 0 Å². The molecule has 2 atom stereocenters. The van der Waals surface area contributed by atoms with Crippen molar-refractivity contribution in [2.75, 3.05) is 13.1 Å². The summed E-state index contributed by atoms with van der Waals surface area (Å²) >= 11 is 0. The van der Waals surface area contributed by atoms with Crippen LogP contribution in [0, 0.1) is 0 Å². The van der Waals surface area contributed by atoms with Crippen molar-refractivity contribution in [3.05, 3.63) is 35.9 Å². The van der Waals surface area contributed by atoms with E-state index in [1.165, 1.54) is 5.56 Å². The van der Waals surface area contributed by atoms with Gasteiger partial charge < -0.3 is 10.2 Å². The molecule has 0 saturated carbocycles. The Morgan fingerprint density at radius 3 is 2.70 bits per heavy atom. The van der Waals surface area contributed by atoms with Gasteiger partial charge in [0.2, 0.25) is 5.91 Å². The first-order chi connectivity index (χ1) is 9.34. The predicted octanol–water partition coefficient (Wildman–Crippen LogP) is 2.39. The van der Waals surface area contributed by atoms with Gasteiger partial charge in [-0.05, 0) is 44.2 Å². The number of likely N-dealkylation sites (tertiary alicyclic amines) is 1. The third-order valence-corrected chi connectivity index (χ3v) is 4.33. The van der Waals surface area contributed by atoms with E-state index in [1.807, 2.05) is 6.07 Å². The van der Waals surface area contributed by atoms with Gasteiger partial charge in [-0.1, -0.05) is 30.3 Å². The number of halogens is 1. The summed E-state index contributed by atoms with van der Waals surface area (Å²) < 4.78 is 0. The molecule has 20 heavy (non-hydrogen) atoms. The quantitative estimate of drug-likeness (QED) is 0.928. The van der Waals surface area contributed by atoms with E-state index < -0.39 is 0 Å². The lowest BCUT2D eigenvalue weighted by atomic mass is 10.0. The van der Waals surface area contributed by atoms with Crippen LogP contribution in [0.3, 0.4) is 0 Å². The van der Waals surface area contributed by atoms with Gasteiger partial charge in [0.15, 0.2) is 0 Å². The van der Waals surface area contributed by atoms with Crippen molar-refractivity contribution in [3.63, 3.8) is 0 Å². The van der Waals surface area contributed by atoms with Crippen molar-refractivity contribution in [2.45, 2.75) is 44.2 Å². The van der Waals surface area contributed by atoms with Gasteiger partial charge in [0.1, 0.15) is 0 Å². The van der Waals surface area contributed by atoms with E-state index in [0.29, 0.717) is 11.9 Å². The number of hydrogen-bond donors (Lipinski definition) is 1. The second-order valence-electron chi connectivity index (χ2n) is 5.67. The summed E-state index contributed by atoms with van der Waals surface area (Å²) in [6.45, 7) is 1.93. The highest BCUT2D eigenvalue weighted by Crippen LogP contribution is 2.23. The number of rotatable bonds is 3. The molecule has 3 nitrogen and oxygen atoms in total. The van der Waals surface area contributed by atoms with Gasteiger partial charge in [-0.2, -0.15) is 0 Å². The second-order valence-corrected chi connectivity index (χ2v) is 5.67. The Kier molecular flexibility index (Phi) is 5.44. The molecule has 2 heterocycles. The molecule has 2 fully saturated rings. The number of carbonyl (C=O) groups excluding carboxylic acids is 1. The summed E-state index contributed by atoms with van der Waals surface area (Å²) in [6, 6.07) is 11.0. The molecule has 4 heteroatoms. The lowest BCUT2D eigenvalue weighted by molar-refractivity contribution is -0.133. The average Bonchev–Trinajstić information content (AvgIpc) is 3.10. The van der Waals surface area contributed by atoms with Crippen molar-refractivity contribution in [1.29, 1.82) is 0 Å². The average molecular weight is 295 g/mol. The summed E-state index contributed by atoms with van der Waals surface area (Å²) in [6.07, 6.45) is 5.43. The van der Waals surface area contributed by atoms with Crippen LogP contribution in [0.15, 0.2) is 30.3 Å². The molecule has 0 radical (unpaired) electrons. The van der Waals surface area contributed by atoms with E-state index in [0.717, 1.165) is 45.2 Å². The minimum atomic E-state index is 0. The fourth-order valence-corrected chi connectivity index (χ4v) is 3.32. The summed E-state index contributed by atoms with van der Waals surface area (Å²) in [4.78, 5) is 14.6. The van der Waals surface area contributed by atoms with E-state index in [4.69, 9.17) is 0 Å². The summed E-state index contributed by atoms with van der Waals surface area (Å²) in [5.41, 5.74) is 1.34. The molecule has 1 unspecified atom stereocenters. The molecule has 0 bridgehead atoms. The van der Waals surface area contributed by atoms with E-state index >= 15 is 0 Å². The number of amides is 1. The molecule has 3 rings (SSSR count). The Bertz CT molecular complexity index is 431. The largest absolute Gasteiger partial charge is 0.338 e. The predicted molar refractivity (Wildman–Crippen MR) is 83.2 cm³/mol. The van der Waals surface area contributed by atoms with Gasteiger partial charge in [0, 0.05) is 12.6 Å². The standard InChI is InChI=1S/C16H22N2O.ClH/c19-16(15-9-4-10-17-15)18-11-5-8-14(18)12-13-6-2-1-3-7-13;/h1-3,6-7,14-15,17H,4-5,8-12H2;1H/t14?,15-;/m0./s1. The van der Waals surface area contributed by atoms with Crippen LogP contribution in [0.4, 0.5) is 0 Å². The van der Waals surface area contributed by atoms with E-state index in [9.17, 15) is 4.79 Å². The zero-order chi connectivity index (χ0) is 13.1. The fraction of sp³-hybridized carbons (Fsp3) is 0.562. The van der Waals surface area contributed by atoms with Gasteiger partial charge in [0.05, 0.1) is 6.04 Å². The Labute approximate surface area is 127 Å². The molecule has 1 amide bonds. The summed E-state index contributed by atoms with van der Waals surface area (Å²) in [5, 5.41) is 3.33. The number of carbonyl (C=O) groups is 1. The maximum atomic E-state index is 12.5. The molecule has 1 aromatic carbocycles. The first-order valence-corrected chi connectivity index (χ1v) is 7.42. The van der Waals surface area contributed by atoms with Gasteiger partial charge >= 0.3 is 0 Å². The SMILES string of the molecule is Cl.O=C([C@@H]1CCCN1)N1CCCC1Cc1ccccc1. The third-order valence-electron chi connectivity index (χ3n) is 4.33. The van der Waals surface area contributed by atoms with Crippen LogP contribution < -0.4 is 5.32 Å². The maximum absolute atomic E-state index is 12.5. The summed E-state index contributed by atoms with van der Waals surface area (Å²) in [7, 11) is 0. The highest BCUT2D eigenvalue weighted by Gasteiger charge is 2.33. The minimum Gasteiger partial charge on any atom is -0.338 e. The molecular formula is C16H23ClN2O. The Hall–Kier alpha value is -1.06. The molecular weight excluding hydrogens is 272 g/mol. The van der Waals surface area contributed by atoms with Gasteiger partial charge in [-0.25, -0.2) is 0 Å². The normalized spacial score (nSPS) is 25.5. The monoisotopic (exact) mass is 294 g/mol. The highest BCUT2D eigenvalue weighted by atomic mass is 35.5. The number of nitrogens with one attached hydrogen (secondary N) is 1. The Morgan fingerprint density at radius 2 is 2.00 bits per heavy atom. The maximum Gasteiger partial charge on any atom is 0.239 e. The summed E-state index contributed by atoms with van der Waals surface area (Å²) in [5.74, 6) is 0.330. The molecule has 0 spiro atoms. The minimum absolute atomic E-state index is 0. The number of hydrogen-bond acceptors (Lipinski definition) is 2. The molecule has 0 aromatic heterocycles. The lowest BCUT2D eigenvalue weighted by Gasteiger charge is -2.27. The van der Waals surface area contributed by atoms with Crippen molar-refractivity contribution in [1.82, 2.24) is 10.2 Å². The van der Waals surface area contributed by atoms with E-state index in [-0.39, 0.29) is 18.4 Å². The fourth-order valence-electron chi connectivity index (χ4n) is 3.32. The number of nitrogens with zero attached hydrogens (tertiary/aromatic N) is 1. The van der Waals surface area contributed by atoms with Crippen LogP contribution in [0.25, 0.3) is 0 Å². The van der Waals surface area contributed by atoms with Gasteiger partial charge in [-0.15, -0.1) is 12.4 Å². The van der Waals surface area contributed by atoms with Crippen molar-refractivity contribution in [3.8, 4) is 0 Å². The van der Waals surface area contributed by atoms with Crippen LogP contribution in [0.5, 0.6) is 0 Å². The van der Waals surface area contributed by atoms with Crippen molar-refractivity contribution < 1.29 is 4.79 Å². The first-order valence-electron chi connectivity index (χ1n) is 7.42. The number of benzene rings is 1. The third kappa shape index (κ3) is 3.33. The van der Waals surface area contributed by atoms with E-state index in [2.05, 4.69) is 34.5 Å². The molecule has 2 saturated heterocycles. The van der Waals surface area contributed by atoms with Crippen molar-refractivity contribution >= 4 is 18.3 Å². The second kappa shape index (κ2) is 7.09. The zero-order valence-corrected chi connectivity index (χ0v) is 12.6. The highest BCUT2D eigenvalue weighted by molar-refractivity contribution is 5.85. The molecule has 1 aromatic rings. The topological polar surface area (TPSA) is 32.3 Å². The first kappa shape index (κ1) is 15.3. The van der Waals surface area contributed by atoms with Crippen LogP contribution in [-0.2, 0) is 11.2 Å². The van der Waals surface area contributed by atoms with Crippen LogP contribution in [0.1, 0.15) is 31.2 Å². The molecule has 2 aliphatic rings. The molecule has 1 N–H and O–H groups in total. The van der Waals surface area contributed by atoms with Crippen LogP contribution >= 0.6 is 12.4 Å². The molecule has 110 valence electrons. The Morgan fingerprint density at radius 1 is 1.20 bits per heavy atom. The Balaban J connectivity index is 0.00000147. The van der Waals surface area contributed by atoms with Crippen LogP contribution in [-0.4, -0.2) is 36.0 Å². The zero-order valence-electron chi connectivity index (χ0n) is 11.8. The molecule has 2 aliphatic heterocycles. The van der Waals surface area contributed by atoms with Crippen LogP contribution in [0.2, 0.25) is 0 Å².